The number of hydrogen-bond donors (Lipinski definition) is 1. The summed E-state index contributed by atoms with van der Waals surface area (Å²) in [4.78, 5) is 17.2. The van der Waals surface area contributed by atoms with Gasteiger partial charge in [0.05, 0.1) is 24.7 Å². The minimum atomic E-state index is -0.205. The number of hydrogen-bond acceptors (Lipinski definition) is 7. The number of rotatable bonds is 7. The Kier molecular flexibility index (Phi) is 8.34. The fourth-order valence-corrected chi connectivity index (χ4v) is 3.37. The first-order valence-corrected chi connectivity index (χ1v) is 11.1. The summed E-state index contributed by atoms with van der Waals surface area (Å²) in [6.45, 7) is 5.98. The molecular weight excluding hydrogens is 428 g/mol. The van der Waals surface area contributed by atoms with Gasteiger partial charge in [0, 0.05) is 43.4 Å². The summed E-state index contributed by atoms with van der Waals surface area (Å²) in [5.74, 6) is 1.23. The zero-order chi connectivity index (χ0) is 24.5. The molecule has 3 heterocycles. The molecule has 2 N–H and O–H groups in total. The molecule has 8 heteroatoms. The van der Waals surface area contributed by atoms with Gasteiger partial charge < -0.3 is 15.2 Å². The molecule has 0 aliphatic carbocycles. The molecule has 4 rings (SSSR count). The van der Waals surface area contributed by atoms with E-state index >= 15 is 0 Å². The van der Waals surface area contributed by atoms with Crippen LogP contribution in [0.25, 0.3) is 22.6 Å². The summed E-state index contributed by atoms with van der Waals surface area (Å²) in [6, 6.07) is 13.6. The molecule has 4 aromatic rings. The second-order valence-electron chi connectivity index (χ2n) is 7.07. The molecule has 176 valence electrons. The van der Waals surface area contributed by atoms with E-state index in [9.17, 15) is 0 Å². The number of nitrogens with two attached hydrogens (primary N) is 1. The largest absolute Gasteiger partial charge is 0.497 e. The third-order valence-electron chi connectivity index (χ3n) is 5.08. The number of imidazole rings is 1. The van der Waals surface area contributed by atoms with Crippen LogP contribution in [-0.2, 0) is 0 Å². The minimum Gasteiger partial charge on any atom is -0.497 e. The summed E-state index contributed by atoms with van der Waals surface area (Å²) in [7, 11) is 3.35. The van der Waals surface area contributed by atoms with E-state index in [4.69, 9.17) is 15.2 Å². The number of nitrogens with zero attached hydrogens (tertiary/aromatic N) is 5. The van der Waals surface area contributed by atoms with Crippen LogP contribution in [0, 0.1) is 0 Å². The van der Waals surface area contributed by atoms with Crippen LogP contribution in [0.5, 0.6) is 11.6 Å². The lowest BCUT2D eigenvalue weighted by Crippen LogP contribution is -2.05. The highest BCUT2D eigenvalue weighted by Crippen LogP contribution is 2.26. The van der Waals surface area contributed by atoms with Gasteiger partial charge in [0.15, 0.2) is 0 Å². The monoisotopic (exact) mass is 458 g/mol. The molecule has 0 saturated heterocycles. The number of benzene rings is 1. The molecule has 0 radical (unpaired) electrons. The maximum Gasteiger partial charge on any atom is 0.217 e. The van der Waals surface area contributed by atoms with Gasteiger partial charge in [-0.3, -0.25) is 9.39 Å². The lowest BCUT2D eigenvalue weighted by Gasteiger charge is -2.15. The van der Waals surface area contributed by atoms with Crippen molar-refractivity contribution in [2.45, 2.75) is 26.9 Å². The Bertz CT molecular complexity index is 1280. The third kappa shape index (κ3) is 5.40. The molecule has 1 atom stereocenters. The highest BCUT2D eigenvalue weighted by molar-refractivity contribution is 6.09. The van der Waals surface area contributed by atoms with Crippen LogP contribution >= 0.6 is 0 Å². The van der Waals surface area contributed by atoms with Crippen LogP contribution < -0.4 is 15.2 Å². The van der Waals surface area contributed by atoms with Gasteiger partial charge in [-0.05, 0) is 24.1 Å². The van der Waals surface area contributed by atoms with Crippen LogP contribution in [0.4, 0.5) is 0 Å². The van der Waals surface area contributed by atoms with Gasteiger partial charge >= 0.3 is 0 Å². The second kappa shape index (κ2) is 11.6. The summed E-state index contributed by atoms with van der Waals surface area (Å²) < 4.78 is 13.3. The predicted octanol–water partition coefficient (Wildman–Crippen LogP) is 4.97. The average Bonchev–Trinajstić information content (AvgIpc) is 3.32. The van der Waals surface area contributed by atoms with Crippen molar-refractivity contribution in [2.24, 2.45) is 10.7 Å². The second-order valence-corrected chi connectivity index (χ2v) is 7.07. The van der Waals surface area contributed by atoms with Crippen LogP contribution in [0.1, 0.15) is 38.0 Å². The quantitative estimate of drug-likeness (QED) is 0.393. The zero-order valence-corrected chi connectivity index (χ0v) is 20.1. The maximum absolute atomic E-state index is 6.10. The van der Waals surface area contributed by atoms with E-state index in [2.05, 4.69) is 19.9 Å². The number of fused-ring (bicyclic) bond motifs is 1. The average molecular weight is 459 g/mol. The van der Waals surface area contributed by atoms with E-state index < -0.39 is 0 Å². The van der Waals surface area contributed by atoms with Crippen molar-refractivity contribution in [2.75, 3.05) is 14.2 Å². The Labute approximate surface area is 199 Å². The number of aromatic nitrogens is 4. The highest BCUT2D eigenvalue weighted by Gasteiger charge is 2.13. The van der Waals surface area contributed by atoms with E-state index in [1.165, 1.54) is 6.33 Å². The number of methoxy groups -OCH3 is 1. The van der Waals surface area contributed by atoms with Crippen molar-refractivity contribution in [1.82, 2.24) is 19.4 Å². The lowest BCUT2D eigenvalue weighted by molar-refractivity contribution is 0.217. The highest BCUT2D eigenvalue weighted by atomic mass is 16.5. The van der Waals surface area contributed by atoms with E-state index in [0.29, 0.717) is 11.6 Å². The predicted molar refractivity (Wildman–Crippen MR) is 136 cm³/mol. The smallest absolute Gasteiger partial charge is 0.217 e. The van der Waals surface area contributed by atoms with E-state index in [0.717, 1.165) is 33.8 Å². The van der Waals surface area contributed by atoms with Crippen LogP contribution in [0.3, 0.4) is 0 Å². The lowest BCUT2D eigenvalue weighted by atomic mass is 10.0. The van der Waals surface area contributed by atoms with Crippen molar-refractivity contribution in [3.05, 3.63) is 78.5 Å². The summed E-state index contributed by atoms with van der Waals surface area (Å²) in [5.41, 5.74) is 10.9. The standard InChI is InChI=1S/C24H24N6O2.C2H6/c1-16(17-4-6-18(7-5-17)19(12-25)13-26-2)32-24-11-21(28-15-29-24)22-14-27-23-10-20(31-3)8-9-30(22)23;1-2/h4-16H,25H2,1-3H3;1-2H3/b19-12+,26-13?;. The van der Waals surface area contributed by atoms with Crippen molar-refractivity contribution in [3.8, 4) is 23.0 Å². The number of pyridine rings is 1. The molecule has 34 heavy (non-hydrogen) atoms. The Morgan fingerprint density at radius 2 is 1.85 bits per heavy atom. The molecule has 0 aliphatic heterocycles. The van der Waals surface area contributed by atoms with E-state index in [-0.39, 0.29) is 6.10 Å². The topological polar surface area (TPSA) is 99.9 Å². The molecule has 0 aliphatic rings. The van der Waals surface area contributed by atoms with Gasteiger partial charge in [-0.15, -0.1) is 0 Å². The Hall–Kier alpha value is -4.20. The minimum absolute atomic E-state index is 0.205. The van der Waals surface area contributed by atoms with Crippen molar-refractivity contribution in [1.29, 1.82) is 0 Å². The van der Waals surface area contributed by atoms with Gasteiger partial charge in [-0.1, -0.05) is 38.1 Å². The summed E-state index contributed by atoms with van der Waals surface area (Å²) >= 11 is 0. The van der Waals surface area contributed by atoms with Crippen molar-refractivity contribution in [3.63, 3.8) is 0 Å². The first kappa shape index (κ1) is 24.4. The third-order valence-corrected chi connectivity index (χ3v) is 5.08. The van der Waals surface area contributed by atoms with Gasteiger partial charge in [0.25, 0.3) is 0 Å². The SMILES string of the molecule is CC.CN=C/C(=C\N)c1ccc(C(C)Oc2cc(-c3cnc4cc(OC)ccn34)ncn2)cc1. The van der Waals surface area contributed by atoms with Crippen LogP contribution in [0.15, 0.2) is 72.4 Å². The fourth-order valence-electron chi connectivity index (χ4n) is 3.37. The first-order valence-electron chi connectivity index (χ1n) is 11.1. The van der Waals surface area contributed by atoms with Crippen molar-refractivity contribution >= 4 is 17.4 Å². The summed E-state index contributed by atoms with van der Waals surface area (Å²) in [6.07, 6.45) is 8.23. The number of allylic oxidation sites excluding steroid dienone is 1. The molecule has 3 aromatic heterocycles. The van der Waals surface area contributed by atoms with Gasteiger partial charge in [0.1, 0.15) is 23.8 Å². The summed E-state index contributed by atoms with van der Waals surface area (Å²) in [5, 5.41) is 0. The molecule has 0 amide bonds. The molecule has 0 spiro atoms. The normalized spacial score (nSPS) is 12.3. The Morgan fingerprint density at radius 1 is 1.09 bits per heavy atom. The molecule has 1 aromatic carbocycles. The van der Waals surface area contributed by atoms with Crippen molar-refractivity contribution < 1.29 is 9.47 Å². The molecule has 1 unspecified atom stereocenters. The first-order chi connectivity index (χ1) is 16.6. The van der Waals surface area contributed by atoms with Crippen LogP contribution in [0.2, 0.25) is 0 Å². The number of ether oxygens (including phenoxy) is 2. The molecule has 0 bridgehead atoms. The molecule has 0 saturated carbocycles. The van der Waals surface area contributed by atoms with Gasteiger partial charge in [-0.2, -0.15) is 0 Å². The van der Waals surface area contributed by atoms with Gasteiger partial charge in [0.2, 0.25) is 5.88 Å². The van der Waals surface area contributed by atoms with Crippen LogP contribution in [-0.4, -0.2) is 39.7 Å². The van der Waals surface area contributed by atoms with E-state index in [1.54, 1.807) is 32.8 Å². The fraction of sp³-hybridized carbons (Fsp3) is 0.231. The molecule has 0 fully saturated rings. The molecular formula is C26H30N6O2. The zero-order valence-electron chi connectivity index (χ0n) is 20.1. The Morgan fingerprint density at radius 3 is 2.53 bits per heavy atom. The van der Waals surface area contributed by atoms with E-state index in [1.807, 2.05) is 73.8 Å². The number of aliphatic imine (C=N–C) groups is 1. The molecule has 8 nitrogen and oxygen atoms in total. The van der Waals surface area contributed by atoms with Gasteiger partial charge in [-0.25, -0.2) is 15.0 Å². The Balaban J connectivity index is 0.00000158. The maximum atomic E-state index is 6.10.